The lowest BCUT2D eigenvalue weighted by atomic mass is 10.2. The van der Waals surface area contributed by atoms with Gasteiger partial charge in [-0.2, -0.15) is 17.5 Å². The summed E-state index contributed by atoms with van der Waals surface area (Å²) in [6.07, 6.45) is 0. The molecule has 4 nitrogen and oxygen atoms in total. The van der Waals surface area contributed by atoms with Crippen LogP contribution in [0.25, 0.3) is 0 Å². The Bertz CT molecular complexity index is 981. The van der Waals surface area contributed by atoms with Crippen LogP contribution in [0.4, 0.5) is 18.9 Å². The van der Waals surface area contributed by atoms with Crippen LogP contribution in [0.2, 0.25) is 0 Å². The van der Waals surface area contributed by atoms with Crippen LogP contribution in [-0.2, 0) is 14.8 Å². The fraction of sp³-hybridized carbons (Fsp3) is 0.211. The van der Waals surface area contributed by atoms with Crippen molar-refractivity contribution in [2.24, 2.45) is 0 Å². The summed E-state index contributed by atoms with van der Waals surface area (Å²) < 4.78 is 64.2. The van der Waals surface area contributed by atoms with Gasteiger partial charge in [0.05, 0.1) is 10.6 Å². The zero-order chi connectivity index (χ0) is 21.1. The molecule has 2 rings (SSSR count). The minimum absolute atomic E-state index is 0.0425. The number of thioether (sulfide) groups is 1. The summed E-state index contributed by atoms with van der Waals surface area (Å²) in [4.78, 5) is 12.7. The lowest BCUT2D eigenvalue weighted by Gasteiger charge is -2.23. The lowest BCUT2D eigenvalue weighted by molar-refractivity contribution is -0.114. The Kier molecular flexibility index (Phi) is 6.61. The second-order valence-corrected chi connectivity index (χ2v) is 8.81. The third kappa shape index (κ3) is 5.39. The number of carbonyl (C=O) groups excluding carboxylic acids is 1. The van der Waals surface area contributed by atoms with Gasteiger partial charge >= 0.3 is 5.51 Å². The van der Waals surface area contributed by atoms with Gasteiger partial charge in [0.25, 0.3) is 15.9 Å². The molecule has 0 heterocycles. The third-order valence-corrected chi connectivity index (χ3v) is 6.18. The standard InChI is InChI=1S/C19H18F3NO3S2/c1-13-4-8-16(9-5-13)23(18(24)15(3)12-27-19(20,21)22)28(25,26)17-10-6-14(2)7-11-17/h4-12H,1-3H3. The molecule has 2 aromatic rings. The fourth-order valence-electron chi connectivity index (χ4n) is 2.23. The normalized spacial score (nSPS) is 12.7. The zero-order valence-electron chi connectivity index (χ0n) is 15.3. The van der Waals surface area contributed by atoms with Crippen LogP contribution >= 0.6 is 11.8 Å². The van der Waals surface area contributed by atoms with Crippen molar-refractivity contribution in [3.05, 3.63) is 70.6 Å². The van der Waals surface area contributed by atoms with Crippen molar-refractivity contribution in [3.63, 3.8) is 0 Å². The van der Waals surface area contributed by atoms with E-state index in [1.54, 1.807) is 38.1 Å². The predicted octanol–water partition coefficient (Wildman–Crippen LogP) is 5.18. The topological polar surface area (TPSA) is 54.5 Å². The molecule has 1 amide bonds. The quantitative estimate of drug-likeness (QED) is 0.615. The number of sulfonamides is 1. The highest BCUT2D eigenvalue weighted by Gasteiger charge is 2.33. The molecule has 0 atom stereocenters. The smallest absolute Gasteiger partial charge is 0.268 e. The van der Waals surface area contributed by atoms with E-state index in [9.17, 15) is 26.4 Å². The molecule has 0 saturated heterocycles. The monoisotopic (exact) mass is 429 g/mol. The Morgan fingerprint density at radius 3 is 1.89 bits per heavy atom. The molecule has 0 spiro atoms. The number of aryl methyl sites for hydroxylation is 2. The number of carbonyl (C=O) groups is 1. The number of rotatable bonds is 5. The van der Waals surface area contributed by atoms with E-state index in [0.29, 0.717) is 9.71 Å². The van der Waals surface area contributed by atoms with Crippen LogP contribution in [-0.4, -0.2) is 19.8 Å². The zero-order valence-corrected chi connectivity index (χ0v) is 17.0. The van der Waals surface area contributed by atoms with E-state index in [-0.39, 0.29) is 16.2 Å². The average molecular weight is 429 g/mol. The maximum absolute atomic E-state index is 13.1. The van der Waals surface area contributed by atoms with Crippen LogP contribution in [0.1, 0.15) is 18.1 Å². The minimum atomic E-state index is -4.58. The second kappa shape index (κ2) is 8.40. The number of hydrogen-bond acceptors (Lipinski definition) is 4. The highest BCUT2D eigenvalue weighted by atomic mass is 32.2. The molecule has 0 radical (unpaired) electrons. The number of alkyl halides is 3. The number of anilines is 1. The van der Waals surface area contributed by atoms with Crippen LogP contribution in [0.5, 0.6) is 0 Å². The molecule has 0 saturated carbocycles. The van der Waals surface area contributed by atoms with Gasteiger partial charge in [0.15, 0.2) is 0 Å². The Morgan fingerprint density at radius 2 is 1.43 bits per heavy atom. The van der Waals surface area contributed by atoms with Crippen molar-refractivity contribution in [2.75, 3.05) is 4.31 Å². The lowest BCUT2D eigenvalue weighted by Crippen LogP contribution is -2.37. The van der Waals surface area contributed by atoms with Gasteiger partial charge in [0.1, 0.15) is 0 Å². The molecule has 2 aromatic carbocycles. The van der Waals surface area contributed by atoms with Crippen molar-refractivity contribution >= 4 is 33.4 Å². The van der Waals surface area contributed by atoms with Gasteiger partial charge in [-0.15, -0.1) is 0 Å². The van der Waals surface area contributed by atoms with Crippen molar-refractivity contribution in [2.45, 2.75) is 31.2 Å². The van der Waals surface area contributed by atoms with Crippen molar-refractivity contribution in [1.29, 1.82) is 0 Å². The maximum Gasteiger partial charge on any atom is 0.445 e. The molecule has 0 aliphatic heterocycles. The molecular weight excluding hydrogens is 411 g/mol. The van der Waals surface area contributed by atoms with E-state index in [1.165, 1.54) is 24.3 Å². The van der Waals surface area contributed by atoms with Gasteiger partial charge in [0.2, 0.25) is 0 Å². The Hall–Kier alpha value is -2.26. The van der Waals surface area contributed by atoms with Crippen molar-refractivity contribution < 1.29 is 26.4 Å². The highest BCUT2D eigenvalue weighted by Crippen LogP contribution is 2.33. The third-order valence-electron chi connectivity index (χ3n) is 3.72. The Balaban J connectivity index is 2.55. The molecular formula is C19H18F3NO3S2. The summed E-state index contributed by atoms with van der Waals surface area (Å²) in [5.41, 5.74) is -3.22. The SMILES string of the molecule is CC(=CSC(F)(F)F)C(=O)N(c1ccc(C)cc1)S(=O)(=O)c1ccc(C)cc1. The summed E-state index contributed by atoms with van der Waals surface area (Å²) in [7, 11) is -4.33. The molecule has 28 heavy (non-hydrogen) atoms. The van der Waals surface area contributed by atoms with E-state index in [0.717, 1.165) is 18.1 Å². The van der Waals surface area contributed by atoms with Crippen LogP contribution in [0.3, 0.4) is 0 Å². The Labute approximate surface area is 166 Å². The van der Waals surface area contributed by atoms with Crippen LogP contribution in [0.15, 0.2) is 64.4 Å². The number of halogens is 3. The van der Waals surface area contributed by atoms with E-state index in [4.69, 9.17) is 0 Å². The fourth-order valence-corrected chi connectivity index (χ4v) is 4.09. The molecule has 0 aromatic heterocycles. The largest absolute Gasteiger partial charge is 0.445 e. The molecule has 0 bridgehead atoms. The molecule has 0 N–H and O–H groups in total. The van der Waals surface area contributed by atoms with Crippen LogP contribution < -0.4 is 4.31 Å². The minimum Gasteiger partial charge on any atom is -0.268 e. The second-order valence-electron chi connectivity index (χ2n) is 6.09. The predicted molar refractivity (Wildman–Crippen MR) is 104 cm³/mol. The number of nitrogens with zero attached hydrogens (tertiary/aromatic N) is 1. The molecule has 9 heteroatoms. The molecule has 0 fully saturated rings. The number of benzene rings is 2. The average Bonchev–Trinajstić information content (AvgIpc) is 2.61. The highest BCUT2D eigenvalue weighted by molar-refractivity contribution is 8.03. The van der Waals surface area contributed by atoms with Gasteiger partial charge in [-0.05, 0) is 62.2 Å². The van der Waals surface area contributed by atoms with Crippen molar-refractivity contribution in [3.8, 4) is 0 Å². The van der Waals surface area contributed by atoms with Crippen LogP contribution in [0, 0.1) is 13.8 Å². The number of amides is 1. The first-order valence-electron chi connectivity index (χ1n) is 8.06. The molecule has 0 aliphatic rings. The van der Waals surface area contributed by atoms with E-state index < -0.39 is 33.2 Å². The maximum atomic E-state index is 13.1. The van der Waals surface area contributed by atoms with E-state index in [1.807, 2.05) is 0 Å². The van der Waals surface area contributed by atoms with Gasteiger partial charge in [-0.25, -0.2) is 8.42 Å². The van der Waals surface area contributed by atoms with Gasteiger partial charge < -0.3 is 0 Å². The van der Waals surface area contributed by atoms with Gasteiger partial charge in [0, 0.05) is 5.57 Å². The first kappa shape index (κ1) is 22.0. The summed E-state index contributed by atoms with van der Waals surface area (Å²) in [5.74, 6) is -1.05. The molecule has 0 unspecified atom stereocenters. The summed E-state index contributed by atoms with van der Waals surface area (Å²) in [5, 5.41) is 0.605. The van der Waals surface area contributed by atoms with E-state index >= 15 is 0 Å². The molecule has 150 valence electrons. The van der Waals surface area contributed by atoms with Gasteiger partial charge in [-0.3, -0.25) is 4.79 Å². The number of hydrogen-bond donors (Lipinski definition) is 0. The Morgan fingerprint density at radius 1 is 0.964 bits per heavy atom. The summed E-state index contributed by atoms with van der Waals surface area (Å²) in [6.45, 7) is 4.71. The summed E-state index contributed by atoms with van der Waals surface area (Å²) in [6, 6.07) is 11.9. The van der Waals surface area contributed by atoms with Gasteiger partial charge in [-0.1, -0.05) is 35.4 Å². The summed E-state index contributed by atoms with van der Waals surface area (Å²) >= 11 is -0.511. The first-order valence-corrected chi connectivity index (χ1v) is 10.4. The first-order chi connectivity index (χ1) is 12.9. The molecule has 0 aliphatic carbocycles. The van der Waals surface area contributed by atoms with E-state index in [2.05, 4.69) is 0 Å². The van der Waals surface area contributed by atoms with Crippen molar-refractivity contribution in [1.82, 2.24) is 0 Å².